The number of ether oxygens (including phenoxy) is 1. The van der Waals surface area contributed by atoms with Crippen molar-refractivity contribution >= 4 is 5.78 Å². The highest BCUT2D eigenvalue weighted by atomic mass is 16.5. The zero-order chi connectivity index (χ0) is 10.1. The van der Waals surface area contributed by atoms with Gasteiger partial charge in [-0.25, -0.2) is 0 Å². The number of carbonyl (C=O) groups is 1. The van der Waals surface area contributed by atoms with Gasteiger partial charge in [-0.2, -0.15) is 0 Å². The second-order valence-corrected chi connectivity index (χ2v) is 3.07. The van der Waals surface area contributed by atoms with E-state index in [9.17, 15) is 4.79 Å². The molecule has 13 heavy (non-hydrogen) atoms. The van der Waals surface area contributed by atoms with Crippen LogP contribution in [0.1, 0.15) is 13.3 Å². The zero-order valence-corrected chi connectivity index (χ0v) is 8.51. The SMILES string of the molecule is C=CCNCC(=O)C(C)CCOC. The summed E-state index contributed by atoms with van der Waals surface area (Å²) in [5.74, 6) is 0.316. The maximum absolute atomic E-state index is 11.4. The minimum atomic E-state index is 0.0808. The number of methoxy groups -OCH3 is 1. The van der Waals surface area contributed by atoms with Gasteiger partial charge in [0.1, 0.15) is 5.78 Å². The molecule has 0 saturated heterocycles. The Hall–Kier alpha value is -0.670. The zero-order valence-electron chi connectivity index (χ0n) is 8.51. The van der Waals surface area contributed by atoms with Crippen molar-refractivity contribution < 1.29 is 9.53 Å². The van der Waals surface area contributed by atoms with Crippen molar-refractivity contribution in [3.63, 3.8) is 0 Å². The standard InChI is InChI=1S/C10H19NO2/c1-4-6-11-8-10(12)9(2)5-7-13-3/h4,9,11H,1,5-8H2,2-3H3. The van der Waals surface area contributed by atoms with Crippen molar-refractivity contribution in [3.8, 4) is 0 Å². The Kier molecular flexibility index (Phi) is 7.54. The van der Waals surface area contributed by atoms with Crippen molar-refractivity contribution in [2.24, 2.45) is 5.92 Å². The molecule has 76 valence electrons. The fourth-order valence-corrected chi connectivity index (χ4v) is 0.927. The molecule has 3 heteroatoms. The second-order valence-electron chi connectivity index (χ2n) is 3.07. The Morgan fingerprint density at radius 2 is 2.38 bits per heavy atom. The van der Waals surface area contributed by atoms with Gasteiger partial charge in [0, 0.05) is 26.2 Å². The molecule has 0 bridgehead atoms. The molecule has 1 atom stereocenters. The van der Waals surface area contributed by atoms with Gasteiger partial charge in [-0.05, 0) is 6.42 Å². The smallest absolute Gasteiger partial charge is 0.149 e. The Morgan fingerprint density at radius 1 is 1.69 bits per heavy atom. The second kappa shape index (κ2) is 7.95. The molecular weight excluding hydrogens is 166 g/mol. The Bertz CT molecular complexity index is 157. The van der Waals surface area contributed by atoms with Gasteiger partial charge in [-0.1, -0.05) is 13.0 Å². The molecule has 0 radical (unpaired) electrons. The molecule has 0 heterocycles. The van der Waals surface area contributed by atoms with E-state index >= 15 is 0 Å². The van der Waals surface area contributed by atoms with E-state index in [-0.39, 0.29) is 11.7 Å². The maximum Gasteiger partial charge on any atom is 0.149 e. The van der Waals surface area contributed by atoms with Crippen LogP contribution < -0.4 is 5.32 Å². The van der Waals surface area contributed by atoms with Gasteiger partial charge < -0.3 is 10.1 Å². The molecule has 1 N–H and O–H groups in total. The summed E-state index contributed by atoms with van der Waals surface area (Å²) >= 11 is 0. The quantitative estimate of drug-likeness (QED) is 0.453. The summed E-state index contributed by atoms with van der Waals surface area (Å²) in [7, 11) is 1.65. The number of nitrogens with one attached hydrogen (secondary N) is 1. The highest BCUT2D eigenvalue weighted by Crippen LogP contribution is 2.02. The van der Waals surface area contributed by atoms with E-state index in [0.717, 1.165) is 6.42 Å². The van der Waals surface area contributed by atoms with Crippen LogP contribution in [0.3, 0.4) is 0 Å². The van der Waals surface area contributed by atoms with Crippen LogP contribution in [0.4, 0.5) is 0 Å². The van der Waals surface area contributed by atoms with E-state index in [1.54, 1.807) is 13.2 Å². The van der Waals surface area contributed by atoms with Crippen molar-refractivity contribution in [2.45, 2.75) is 13.3 Å². The van der Waals surface area contributed by atoms with Gasteiger partial charge in [0.05, 0.1) is 6.54 Å². The third-order valence-corrected chi connectivity index (χ3v) is 1.89. The first-order chi connectivity index (χ1) is 6.22. The lowest BCUT2D eigenvalue weighted by Crippen LogP contribution is -2.27. The Balaban J connectivity index is 3.50. The maximum atomic E-state index is 11.4. The lowest BCUT2D eigenvalue weighted by atomic mass is 10.0. The third-order valence-electron chi connectivity index (χ3n) is 1.89. The van der Waals surface area contributed by atoms with E-state index in [2.05, 4.69) is 11.9 Å². The number of Topliss-reactive ketones (excluding diaryl/α,β-unsaturated/α-hetero) is 1. The predicted octanol–water partition coefficient (Wildman–Crippen LogP) is 1.00. The van der Waals surface area contributed by atoms with Crippen LogP contribution in [0, 0.1) is 5.92 Å². The first-order valence-electron chi connectivity index (χ1n) is 4.55. The van der Waals surface area contributed by atoms with Crippen molar-refractivity contribution in [1.82, 2.24) is 5.32 Å². The van der Waals surface area contributed by atoms with E-state index in [1.165, 1.54) is 0 Å². The summed E-state index contributed by atoms with van der Waals surface area (Å²) in [6.07, 6.45) is 2.54. The highest BCUT2D eigenvalue weighted by molar-refractivity contribution is 5.82. The lowest BCUT2D eigenvalue weighted by Gasteiger charge is -2.09. The van der Waals surface area contributed by atoms with Gasteiger partial charge in [0.2, 0.25) is 0 Å². The summed E-state index contributed by atoms with van der Waals surface area (Å²) in [4.78, 5) is 11.4. The predicted molar refractivity (Wildman–Crippen MR) is 53.7 cm³/mol. The topological polar surface area (TPSA) is 38.3 Å². The van der Waals surface area contributed by atoms with Crippen LogP contribution in [0.15, 0.2) is 12.7 Å². The van der Waals surface area contributed by atoms with Gasteiger partial charge in [0.25, 0.3) is 0 Å². The van der Waals surface area contributed by atoms with Crippen molar-refractivity contribution in [1.29, 1.82) is 0 Å². The molecule has 1 unspecified atom stereocenters. The van der Waals surface area contributed by atoms with Crippen LogP contribution in [0.2, 0.25) is 0 Å². The van der Waals surface area contributed by atoms with Crippen LogP contribution in [0.25, 0.3) is 0 Å². The summed E-state index contributed by atoms with van der Waals surface area (Å²) in [6, 6.07) is 0. The largest absolute Gasteiger partial charge is 0.385 e. The highest BCUT2D eigenvalue weighted by Gasteiger charge is 2.10. The Labute approximate surface area is 80.2 Å². The minimum absolute atomic E-state index is 0.0808. The number of ketones is 1. The van der Waals surface area contributed by atoms with Crippen molar-refractivity contribution in [2.75, 3.05) is 26.8 Å². The molecule has 0 aromatic heterocycles. The molecule has 0 aliphatic rings. The van der Waals surface area contributed by atoms with Crippen molar-refractivity contribution in [3.05, 3.63) is 12.7 Å². The minimum Gasteiger partial charge on any atom is -0.385 e. The van der Waals surface area contributed by atoms with Gasteiger partial charge in [-0.15, -0.1) is 6.58 Å². The summed E-state index contributed by atoms with van der Waals surface area (Å²) in [5.41, 5.74) is 0. The average Bonchev–Trinajstić information content (AvgIpc) is 2.14. The molecule has 0 aromatic carbocycles. The normalized spacial score (nSPS) is 12.5. The number of hydrogen-bond acceptors (Lipinski definition) is 3. The first kappa shape index (κ1) is 12.3. The van der Waals surface area contributed by atoms with E-state index < -0.39 is 0 Å². The third kappa shape index (κ3) is 6.49. The molecule has 0 spiro atoms. The molecule has 0 amide bonds. The fraction of sp³-hybridized carbons (Fsp3) is 0.700. The number of hydrogen-bond donors (Lipinski definition) is 1. The molecule has 0 fully saturated rings. The van der Waals surface area contributed by atoms with Gasteiger partial charge >= 0.3 is 0 Å². The molecule has 0 aromatic rings. The molecule has 0 aliphatic heterocycles. The Morgan fingerprint density at radius 3 is 2.92 bits per heavy atom. The number of rotatable bonds is 8. The molecule has 0 rings (SSSR count). The summed E-state index contributed by atoms with van der Waals surface area (Å²) < 4.78 is 4.90. The molecular formula is C10H19NO2. The van der Waals surface area contributed by atoms with E-state index in [1.807, 2.05) is 6.92 Å². The van der Waals surface area contributed by atoms with Gasteiger partial charge in [-0.3, -0.25) is 4.79 Å². The van der Waals surface area contributed by atoms with Crippen LogP contribution in [-0.2, 0) is 9.53 Å². The van der Waals surface area contributed by atoms with Crippen LogP contribution >= 0.6 is 0 Å². The lowest BCUT2D eigenvalue weighted by molar-refractivity contribution is -0.122. The van der Waals surface area contributed by atoms with Crippen LogP contribution in [0.5, 0.6) is 0 Å². The van der Waals surface area contributed by atoms with E-state index in [0.29, 0.717) is 19.7 Å². The van der Waals surface area contributed by atoms with E-state index in [4.69, 9.17) is 4.74 Å². The first-order valence-corrected chi connectivity index (χ1v) is 4.55. The average molecular weight is 185 g/mol. The number of carbonyl (C=O) groups excluding carboxylic acids is 1. The monoisotopic (exact) mass is 185 g/mol. The summed E-state index contributed by atoms with van der Waals surface area (Å²) in [6.45, 7) is 7.24. The van der Waals surface area contributed by atoms with Gasteiger partial charge in [0.15, 0.2) is 0 Å². The molecule has 3 nitrogen and oxygen atoms in total. The summed E-state index contributed by atoms with van der Waals surface area (Å²) in [5, 5.41) is 2.98. The fourth-order valence-electron chi connectivity index (χ4n) is 0.927. The molecule has 0 saturated carbocycles. The van der Waals surface area contributed by atoms with Crippen LogP contribution in [-0.4, -0.2) is 32.6 Å². The molecule has 0 aliphatic carbocycles.